The van der Waals surface area contributed by atoms with E-state index in [0.717, 1.165) is 12.8 Å². The number of allylic oxidation sites excluding steroid dienone is 1. The zero-order valence-electron chi connectivity index (χ0n) is 8.49. The molecular formula is C11H16O3. The molecule has 0 amide bonds. The highest BCUT2D eigenvalue weighted by Crippen LogP contribution is 1.98. The first-order valence-electron chi connectivity index (χ1n) is 4.67. The van der Waals surface area contributed by atoms with E-state index in [1.54, 1.807) is 13.2 Å². The van der Waals surface area contributed by atoms with Gasteiger partial charge in [0.2, 0.25) is 0 Å². The molecule has 0 aromatic heterocycles. The summed E-state index contributed by atoms with van der Waals surface area (Å²) in [5.41, 5.74) is 0. The Morgan fingerprint density at radius 1 is 1.57 bits per heavy atom. The molecule has 0 N–H and O–H groups in total. The minimum atomic E-state index is -0.148. The van der Waals surface area contributed by atoms with E-state index in [0.29, 0.717) is 13.0 Å². The standard InChI is InChI=1S/C11H16O3/c1-3-9-13-10-7-5-6-8-11(12)14-4-2/h1,7,10H,4-6,8-9H2,2H3. The maximum Gasteiger partial charge on any atom is 0.305 e. The molecule has 0 radical (unpaired) electrons. The van der Waals surface area contributed by atoms with Crippen molar-refractivity contribution < 1.29 is 14.3 Å². The molecule has 0 aromatic carbocycles. The van der Waals surface area contributed by atoms with Gasteiger partial charge in [-0.05, 0) is 25.8 Å². The Morgan fingerprint density at radius 2 is 2.36 bits per heavy atom. The van der Waals surface area contributed by atoms with E-state index in [1.807, 2.05) is 6.08 Å². The van der Waals surface area contributed by atoms with Crippen molar-refractivity contribution in [2.24, 2.45) is 0 Å². The maximum absolute atomic E-state index is 10.9. The van der Waals surface area contributed by atoms with Gasteiger partial charge in [-0.25, -0.2) is 0 Å². The van der Waals surface area contributed by atoms with Crippen LogP contribution in [0.1, 0.15) is 26.2 Å². The van der Waals surface area contributed by atoms with Gasteiger partial charge in [0, 0.05) is 6.42 Å². The summed E-state index contributed by atoms with van der Waals surface area (Å²) in [5, 5.41) is 0. The van der Waals surface area contributed by atoms with Crippen LogP contribution in [-0.4, -0.2) is 19.2 Å². The minimum absolute atomic E-state index is 0.148. The Balaban J connectivity index is 3.25. The SMILES string of the molecule is C#CCOC=CCCCC(=O)OCC. The monoisotopic (exact) mass is 196 g/mol. The van der Waals surface area contributed by atoms with Crippen molar-refractivity contribution in [1.82, 2.24) is 0 Å². The van der Waals surface area contributed by atoms with Crippen LogP contribution in [0.2, 0.25) is 0 Å². The molecule has 0 rings (SSSR count). The van der Waals surface area contributed by atoms with Gasteiger partial charge in [0.15, 0.2) is 0 Å². The third-order valence-corrected chi connectivity index (χ3v) is 1.42. The van der Waals surface area contributed by atoms with Gasteiger partial charge in [0.05, 0.1) is 12.9 Å². The topological polar surface area (TPSA) is 35.5 Å². The Morgan fingerprint density at radius 3 is 3.00 bits per heavy atom. The van der Waals surface area contributed by atoms with E-state index < -0.39 is 0 Å². The van der Waals surface area contributed by atoms with Gasteiger partial charge in [-0.2, -0.15) is 0 Å². The molecule has 14 heavy (non-hydrogen) atoms. The second kappa shape index (κ2) is 9.66. The molecule has 0 atom stereocenters. The molecule has 0 aliphatic rings. The molecule has 78 valence electrons. The fourth-order valence-corrected chi connectivity index (χ4v) is 0.830. The van der Waals surface area contributed by atoms with Gasteiger partial charge >= 0.3 is 5.97 Å². The summed E-state index contributed by atoms with van der Waals surface area (Å²) in [6.07, 6.45) is 10.4. The van der Waals surface area contributed by atoms with Gasteiger partial charge in [0.25, 0.3) is 0 Å². The number of esters is 1. The molecule has 0 saturated heterocycles. The van der Waals surface area contributed by atoms with E-state index in [4.69, 9.17) is 15.9 Å². The summed E-state index contributed by atoms with van der Waals surface area (Å²) in [6.45, 7) is 2.53. The van der Waals surface area contributed by atoms with Crippen molar-refractivity contribution in [3.63, 3.8) is 0 Å². The lowest BCUT2D eigenvalue weighted by Crippen LogP contribution is -2.02. The molecule has 3 heteroatoms. The smallest absolute Gasteiger partial charge is 0.305 e. The van der Waals surface area contributed by atoms with Gasteiger partial charge in [-0.15, -0.1) is 6.42 Å². The van der Waals surface area contributed by atoms with Crippen LogP contribution in [-0.2, 0) is 14.3 Å². The lowest BCUT2D eigenvalue weighted by molar-refractivity contribution is -0.143. The van der Waals surface area contributed by atoms with E-state index in [1.165, 1.54) is 0 Å². The average molecular weight is 196 g/mol. The Kier molecular flexibility index (Phi) is 8.67. The van der Waals surface area contributed by atoms with Crippen LogP contribution < -0.4 is 0 Å². The van der Waals surface area contributed by atoms with Gasteiger partial charge in [-0.1, -0.05) is 5.92 Å². The van der Waals surface area contributed by atoms with Crippen LogP contribution in [0.5, 0.6) is 0 Å². The zero-order chi connectivity index (χ0) is 10.6. The lowest BCUT2D eigenvalue weighted by Gasteiger charge is -1.99. The third-order valence-electron chi connectivity index (χ3n) is 1.42. The maximum atomic E-state index is 10.9. The molecule has 0 saturated carbocycles. The van der Waals surface area contributed by atoms with Gasteiger partial charge in [-0.3, -0.25) is 4.79 Å². The average Bonchev–Trinajstić information content (AvgIpc) is 2.17. The van der Waals surface area contributed by atoms with Crippen molar-refractivity contribution in [1.29, 1.82) is 0 Å². The third kappa shape index (κ3) is 8.66. The van der Waals surface area contributed by atoms with Gasteiger partial charge < -0.3 is 9.47 Å². The number of carbonyl (C=O) groups is 1. The van der Waals surface area contributed by atoms with Crippen LogP contribution in [0.4, 0.5) is 0 Å². The van der Waals surface area contributed by atoms with Crippen molar-refractivity contribution >= 4 is 5.97 Å². The van der Waals surface area contributed by atoms with Crippen LogP contribution in [0.25, 0.3) is 0 Å². The first-order chi connectivity index (χ1) is 6.81. The first-order valence-corrected chi connectivity index (χ1v) is 4.67. The van der Waals surface area contributed by atoms with Gasteiger partial charge in [0.1, 0.15) is 6.61 Å². The summed E-state index contributed by atoms with van der Waals surface area (Å²) >= 11 is 0. The second-order valence-electron chi connectivity index (χ2n) is 2.58. The summed E-state index contributed by atoms with van der Waals surface area (Å²) in [4.78, 5) is 10.9. The van der Waals surface area contributed by atoms with Crippen LogP contribution >= 0.6 is 0 Å². The Hall–Kier alpha value is -1.43. The van der Waals surface area contributed by atoms with Crippen molar-refractivity contribution in [2.75, 3.05) is 13.2 Å². The first kappa shape index (κ1) is 12.6. The van der Waals surface area contributed by atoms with Crippen molar-refractivity contribution in [3.05, 3.63) is 12.3 Å². The number of carbonyl (C=O) groups excluding carboxylic acids is 1. The van der Waals surface area contributed by atoms with Crippen LogP contribution in [0, 0.1) is 12.3 Å². The molecule has 3 nitrogen and oxygen atoms in total. The number of terminal acetylenes is 1. The fraction of sp³-hybridized carbons (Fsp3) is 0.545. The Labute approximate surface area is 85.1 Å². The quantitative estimate of drug-likeness (QED) is 0.270. The van der Waals surface area contributed by atoms with E-state index >= 15 is 0 Å². The predicted molar refractivity (Wildman–Crippen MR) is 54.4 cm³/mol. The molecule has 0 spiro atoms. The van der Waals surface area contributed by atoms with Crippen molar-refractivity contribution in [3.8, 4) is 12.3 Å². The highest BCUT2D eigenvalue weighted by atomic mass is 16.5. The predicted octanol–water partition coefficient (Wildman–Crippen LogP) is 1.88. The normalized spacial score (nSPS) is 9.71. The molecule has 0 aliphatic heterocycles. The number of ether oxygens (including phenoxy) is 2. The van der Waals surface area contributed by atoms with E-state index in [9.17, 15) is 4.79 Å². The van der Waals surface area contributed by atoms with Crippen molar-refractivity contribution in [2.45, 2.75) is 26.2 Å². The molecular weight excluding hydrogens is 180 g/mol. The van der Waals surface area contributed by atoms with Crippen LogP contribution in [0.3, 0.4) is 0 Å². The highest BCUT2D eigenvalue weighted by molar-refractivity contribution is 5.69. The zero-order valence-corrected chi connectivity index (χ0v) is 8.49. The van der Waals surface area contributed by atoms with E-state index in [2.05, 4.69) is 5.92 Å². The summed E-state index contributed by atoms with van der Waals surface area (Å²) in [5.74, 6) is 2.20. The lowest BCUT2D eigenvalue weighted by atomic mass is 10.2. The molecule has 0 aromatic rings. The van der Waals surface area contributed by atoms with Crippen LogP contribution in [0.15, 0.2) is 12.3 Å². The Bertz CT molecular complexity index is 213. The molecule has 0 fully saturated rings. The second-order valence-corrected chi connectivity index (χ2v) is 2.58. The summed E-state index contributed by atoms with van der Waals surface area (Å²) in [6, 6.07) is 0. The van der Waals surface area contributed by atoms with E-state index in [-0.39, 0.29) is 12.6 Å². The highest BCUT2D eigenvalue weighted by Gasteiger charge is 1.98. The largest absolute Gasteiger partial charge is 0.489 e. The molecule has 0 aliphatic carbocycles. The molecule has 0 heterocycles. The number of rotatable bonds is 7. The summed E-state index contributed by atoms with van der Waals surface area (Å²) < 4.78 is 9.67. The number of unbranched alkanes of at least 4 members (excludes halogenated alkanes) is 1. The molecule has 0 bridgehead atoms. The molecule has 0 unspecified atom stereocenters. The fourth-order valence-electron chi connectivity index (χ4n) is 0.830. The number of hydrogen-bond donors (Lipinski definition) is 0. The minimum Gasteiger partial charge on any atom is -0.489 e. The number of hydrogen-bond acceptors (Lipinski definition) is 3. The summed E-state index contributed by atoms with van der Waals surface area (Å²) in [7, 11) is 0.